The summed E-state index contributed by atoms with van der Waals surface area (Å²) in [4.78, 5) is 24.0. The van der Waals surface area contributed by atoms with Gasteiger partial charge in [-0.1, -0.05) is 0 Å². The van der Waals surface area contributed by atoms with E-state index in [2.05, 4.69) is 0 Å². The van der Waals surface area contributed by atoms with Crippen LogP contribution in [0.2, 0.25) is 0 Å². The molecule has 0 saturated carbocycles. The Hall–Kier alpha value is -2.18. The molecular formula is C13H12O6. The number of phenols is 1. The highest BCUT2D eigenvalue weighted by Crippen LogP contribution is 2.35. The number of ketones is 2. The van der Waals surface area contributed by atoms with E-state index in [1.54, 1.807) is 0 Å². The van der Waals surface area contributed by atoms with Crippen LogP contribution >= 0.6 is 0 Å². The van der Waals surface area contributed by atoms with E-state index in [0.717, 1.165) is 6.07 Å². The number of hydrogen-bond donors (Lipinski definition) is 4. The first kappa shape index (κ1) is 13.3. The van der Waals surface area contributed by atoms with Crippen LogP contribution in [0.3, 0.4) is 0 Å². The molecule has 0 saturated heterocycles. The topological polar surface area (TPSA) is 115 Å². The maximum atomic E-state index is 12.0. The van der Waals surface area contributed by atoms with Gasteiger partial charge < -0.3 is 20.4 Å². The first-order chi connectivity index (χ1) is 8.93. The minimum atomic E-state index is -0.846. The zero-order valence-electron chi connectivity index (χ0n) is 10.1. The van der Waals surface area contributed by atoms with Crippen LogP contribution in [0.25, 0.3) is 0 Å². The summed E-state index contributed by atoms with van der Waals surface area (Å²) < 4.78 is 0. The Bertz CT molecular complexity index is 627. The Morgan fingerprint density at radius 3 is 2.16 bits per heavy atom. The molecule has 4 N–H and O–H groups in total. The molecule has 1 aromatic carbocycles. The van der Waals surface area contributed by atoms with Crippen LogP contribution in [0.15, 0.2) is 17.4 Å². The summed E-state index contributed by atoms with van der Waals surface area (Å²) in [5.74, 6) is -2.69. The SMILES string of the molecule is CC1=C(O)C(=O)c2c(CO)c(CO)cc(O)c2C1=O. The third kappa shape index (κ3) is 1.73. The van der Waals surface area contributed by atoms with E-state index in [4.69, 9.17) is 5.11 Å². The maximum absolute atomic E-state index is 12.0. The third-order valence-electron chi connectivity index (χ3n) is 3.20. The second-order valence-corrected chi connectivity index (χ2v) is 4.23. The minimum Gasteiger partial charge on any atom is -0.507 e. The van der Waals surface area contributed by atoms with E-state index in [9.17, 15) is 24.9 Å². The van der Waals surface area contributed by atoms with Crippen molar-refractivity contribution in [1.82, 2.24) is 0 Å². The average Bonchev–Trinajstić information content (AvgIpc) is 2.41. The highest BCUT2D eigenvalue weighted by molar-refractivity contribution is 6.27. The first-order valence-electron chi connectivity index (χ1n) is 5.52. The van der Waals surface area contributed by atoms with Crippen molar-refractivity contribution in [3.05, 3.63) is 39.7 Å². The fraction of sp³-hybridized carbons (Fsp3) is 0.231. The van der Waals surface area contributed by atoms with Crippen molar-refractivity contribution in [2.24, 2.45) is 0 Å². The number of phenolic OH excluding ortho intramolecular Hbond substituents is 1. The van der Waals surface area contributed by atoms with Crippen molar-refractivity contribution in [2.75, 3.05) is 0 Å². The molecule has 0 unspecified atom stereocenters. The van der Waals surface area contributed by atoms with Crippen LogP contribution in [0.5, 0.6) is 5.75 Å². The molecule has 0 fully saturated rings. The molecule has 6 heteroatoms. The molecule has 0 aliphatic heterocycles. The smallest absolute Gasteiger partial charge is 0.228 e. The van der Waals surface area contributed by atoms with Crippen molar-refractivity contribution in [3.8, 4) is 5.75 Å². The highest BCUT2D eigenvalue weighted by atomic mass is 16.3. The van der Waals surface area contributed by atoms with Crippen molar-refractivity contribution in [3.63, 3.8) is 0 Å². The van der Waals surface area contributed by atoms with Gasteiger partial charge in [0, 0.05) is 11.1 Å². The van der Waals surface area contributed by atoms with Crippen LogP contribution in [-0.4, -0.2) is 32.0 Å². The molecule has 0 spiro atoms. The van der Waals surface area contributed by atoms with Gasteiger partial charge in [0.2, 0.25) is 5.78 Å². The zero-order chi connectivity index (χ0) is 14.3. The van der Waals surface area contributed by atoms with E-state index in [-0.39, 0.29) is 27.8 Å². The molecule has 0 amide bonds. The zero-order valence-corrected chi connectivity index (χ0v) is 10.1. The number of aromatic hydroxyl groups is 1. The summed E-state index contributed by atoms with van der Waals surface area (Å²) >= 11 is 0. The monoisotopic (exact) mass is 264 g/mol. The van der Waals surface area contributed by atoms with Gasteiger partial charge in [-0.2, -0.15) is 0 Å². The quantitative estimate of drug-likeness (QED) is 0.621. The lowest BCUT2D eigenvalue weighted by Crippen LogP contribution is -2.23. The second kappa shape index (κ2) is 4.49. The van der Waals surface area contributed by atoms with Gasteiger partial charge in [-0.25, -0.2) is 0 Å². The van der Waals surface area contributed by atoms with Crippen LogP contribution in [0.4, 0.5) is 0 Å². The lowest BCUT2D eigenvalue weighted by Gasteiger charge is -2.21. The molecule has 0 bridgehead atoms. The van der Waals surface area contributed by atoms with Gasteiger partial charge in [0.15, 0.2) is 11.5 Å². The molecule has 1 aliphatic carbocycles. The highest BCUT2D eigenvalue weighted by Gasteiger charge is 2.35. The lowest BCUT2D eigenvalue weighted by molar-refractivity contribution is 0.0924. The summed E-state index contributed by atoms with van der Waals surface area (Å²) in [6, 6.07) is 1.13. The fourth-order valence-corrected chi connectivity index (χ4v) is 2.15. The van der Waals surface area contributed by atoms with Gasteiger partial charge in [-0.3, -0.25) is 9.59 Å². The predicted molar refractivity (Wildman–Crippen MR) is 63.9 cm³/mol. The fourth-order valence-electron chi connectivity index (χ4n) is 2.15. The first-order valence-corrected chi connectivity index (χ1v) is 5.52. The number of rotatable bonds is 2. The molecule has 0 atom stereocenters. The van der Waals surface area contributed by atoms with Gasteiger partial charge in [0.25, 0.3) is 0 Å². The summed E-state index contributed by atoms with van der Waals surface area (Å²) in [6.07, 6.45) is 0. The summed E-state index contributed by atoms with van der Waals surface area (Å²) in [5, 5.41) is 37.9. The van der Waals surface area contributed by atoms with E-state index < -0.39 is 36.3 Å². The number of carbonyl (C=O) groups is 2. The number of aliphatic hydroxyl groups excluding tert-OH is 3. The number of fused-ring (bicyclic) bond motifs is 1. The van der Waals surface area contributed by atoms with Crippen LogP contribution < -0.4 is 0 Å². The third-order valence-corrected chi connectivity index (χ3v) is 3.20. The molecular weight excluding hydrogens is 252 g/mol. The summed E-state index contributed by atoms with van der Waals surface area (Å²) in [7, 11) is 0. The van der Waals surface area contributed by atoms with Gasteiger partial charge in [0.05, 0.1) is 18.8 Å². The Labute approximate surface area is 108 Å². The molecule has 0 heterocycles. The van der Waals surface area contributed by atoms with Crippen LogP contribution in [0, 0.1) is 0 Å². The van der Waals surface area contributed by atoms with Crippen molar-refractivity contribution < 1.29 is 30.0 Å². The molecule has 1 aromatic rings. The predicted octanol–water partition coefficient (Wildman–Crippen LogP) is 0.588. The van der Waals surface area contributed by atoms with Gasteiger partial charge in [0.1, 0.15) is 5.75 Å². The second-order valence-electron chi connectivity index (χ2n) is 4.23. The minimum absolute atomic E-state index is 0.0349. The maximum Gasteiger partial charge on any atom is 0.228 e. The number of allylic oxidation sites excluding steroid dienone is 2. The average molecular weight is 264 g/mol. The molecule has 19 heavy (non-hydrogen) atoms. The van der Waals surface area contributed by atoms with Gasteiger partial charge in [-0.15, -0.1) is 0 Å². The van der Waals surface area contributed by atoms with Crippen molar-refractivity contribution >= 4 is 11.6 Å². The Morgan fingerprint density at radius 2 is 1.63 bits per heavy atom. The number of Topliss-reactive ketones (excluding diaryl/α,β-unsaturated/α-hetero) is 2. The summed E-state index contributed by atoms with van der Waals surface area (Å²) in [6.45, 7) is 0.169. The number of benzene rings is 1. The number of hydrogen-bond acceptors (Lipinski definition) is 6. The number of aliphatic hydroxyl groups is 3. The molecule has 0 aromatic heterocycles. The van der Waals surface area contributed by atoms with E-state index >= 15 is 0 Å². The lowest BCUT2D eigenvalue weighted by atomic mass is 9.83. The Morgan fingerprint density at radius 1 is 1.00 bits per heavy atom. The van der Waals surface area contributed by atoms with E-state index in [0.29, 0.717) is 0 Å². The normalized spacial score (nSPS) is 14.9. The molecule has 0 radical (unpaired) electrons. The van der Waals surface area contributed by atoms with E-state index in [1.807, 2.05) is 0 Å². The molecule has 2 rings (SSSR count). The summed E-state index contributed by atoms with van der Waals surface area (Å²) in [5.41, 5.74) is -0.491. The standard InChI is InChI=1S/C13H12O6/c1-5-11(17)10-8(16)2-6(3-14)7(4-15)9(10)13(19)12(5)18/h2,14-16,18H,3-4H2,1H3. The van der Waals surface area contributed by atoms with Crippen LogP contribution in [-0.2, 0) is 13.2 Å². The Kier molecular flexibility index (Phi) is 3.13. The largest absolute Gasteiger partial charge is 0.507 e. The van der Waals surface area contributed by atoms with Gasteiger partial charge in [-0.05, 0) is 24.1 Å². The van der Waals surface area contributed by atoms with E-state index in [1.165, 1.54) is 6.92 Å². The molecule has 100 valence electrons. The molecule has 1 aliphatic rings. The Balaban J connectivity index is 2.88. The van der Waals surface area contributed by atoms with Crippen molar-refractivity contribution in [1.29, 1.82) is 0 Å². The van der Waals surface area contributed by atoms with Gasteiger partial charge >= 0.3 is 0 Å². The molecule has 6 nitrogen and oxygen atoms in total. The van der Waals surface area contributed by atoms with Crippen molar-refractivity contribution in [2.45, 2.75) is 20.1 Å². The number of carbonyl (C=O) groups excluding carboxylic acids is 2. The van der Waals surface area contributed by atoms with Crippen LogP contribution in [0.1, 0.15) is 38.8 Å².